The van der Waals surface area contributed by atoms with Gasteiger partial charge in [-0.2, -0.15) is 0 Å². The first-order chi connectivity index (χ1) is 22.2. The number of likely N-dealkylation sites (tertiary alicyclic amines) is 2. The number of pyridine rings is 2. The average Bonchev–Trinajstić information content (AvgIpc) is 3.66. The van der Waals surface area contributed by atoms with Gasteiger partial charge in [-0.15, -0.1) is 0 Å². The van der Waals surface area contributed by atoms with Crippen LogP contribution >= 0.6 is 0 Å². The van der Waals surface area contributed by atoms with Crippen LogP contribution in [0.5, 0.6) is 11.5 Å². The Bertz CT molecular complexity index is 1520. The zero-order valence-electron chi connectivity index (χ0n) is 28.1. The molecule has 2 aromatic heterocycles. The number of nitrogens with one attached hydrogen (secondary N) is 2. The number of hydrogen-bond acceptors (Lipinski definition) is 8. The van der Waals surface area contributed by atoms with Crippen LogP contribution in [-0.4, -0.2) is 72.3 Å². The molecule has 242 valence electrons. The number of anilines is 2. The molecule has 0 aliphatic carbocycles. The first kappa shape index (κ1) is 31.8. The molecule has 2 saturated heterocycles. The first-order valence-electron chi connectivity index (χ1n) is 16.7. The summed E-state index contributed by atoms with van der Waals surface area (Å²) >= 11 is 0. The van der Waals surface area contributed by atoms with Crippen molar-refractivity contribution in [2.24, 2.45) is 0 Å². The van der Waals surface area contributed by atoms with E-state index in [1.54, 1.807) is 0 Å². The van der Waals surface area contributed by atoms with Crippen LogP contribution in [0.3, 0.4) is 0 Å². The lowest BCUT2D eigenvalue weighted by Crippen LogP contribution is -2.21. The van der Waals surface area contributed by atoms with Gasteiger partial charge in [-0.05, 0) is 111 Å². The van der Waals surface area contributed by atoms with E-state index in [9.17, 15) is 0 Å². The lowest BCUT2D eigenvalue weighted by atomic mass is 9.94. The van der Waals surface area contributed by atoms with Gasteiger partial charge in [-0.3, -0.25) is 10.9 Å². The molecule has 4 aromatic rings. The van der Waals surface area contributed by atoms with Gasteiger partial charge in [0, 0.05) is 37.3 Å². The van der Waals surface area contributed by atoms with Crippen LogP contribution in [0.15, 0.2) is 72.8 Å². The van der Waals surface area contributed by atoms with E-state index in [0.717, 1.165) is 84.7 Å². The van der Waals surface area contributed by atoms with E-state index in [0.29, 0.717) is 11.8 Å². The summed E-state index contributed by atoms with van der Waals surface area (Å²) in [4.78, 5) is 14.5. The molecule has 2 aliphatic rings. The SMILES string of the molecule is CC(C)c1cc(OC2CCN(C)C2)ccc1-c1cccc(NNc2cccc(-c3ccc(OC4CCN(C)C4)cc3C(C)C)n2)n1. The molecule has 2 aromatic carbocycles. The fourth-order valence-corrected chi connectivity index (χ4v) is 6.45. The Balaban J connectivity index is 1.16. The second kappa shape index (κ2) is 14.1. The third-order valence-corrected chi connectivity index (χ3v) is 8.96. The molecular formula is C38H48N6O2. The Morgan fingerprint density at radius 1 is 0.630 bits per heavy atom. The van der Waals surface area contributed by atoms with Gasteiger partial charge in [0.2, 0.25) is 0 Å². The van der Waals surface area contributed by atoms with Gasteiger partial charge in [0.1, 0.15) is 35.3 Å². The number of likely N-dealkylation sites (N-methyl/N-ethyl adjacent to an activating group) is 2. The second-order valence-electron chi connectivity index (χ2n) is 13.5. The Morgan fingerprint density at radius 3 is 1.43 bits per heavy atom. The van der Waals surface area contributed by atoms with Crippen LogP contribution in [0.2, 0.25) is 0 Å². The third kappa shape index (κ3) is 7.62. The molecule has 2 N–H and O–H groups in total. The van der Waals surface area contributed by atoms with Crippen LogP contribution in [-0.2, 0) is 0 Å². The van der Waals surface area contributed by atoms with Gasteiger partial charge in [-0.1, -0.05) is 39.8 Å². The Morgan fingerprint density at radius 2 is 1.07 bits per heavy atom. The molecule has 8 nitrogen and oxygen atoms in total. The van der Waals surface area contributed by atoms with E-state index in [1.807, 2.05) is 24.3 Å². The molecule has 2 atom stereocenters. The van der Waals surface area contributed by atoms with Crippen molar-refractivity contribution in [1.29, 1.82) is 0 Å². The molecule has 8 heteroatoms. The van der Waals surface area contributed by atoms with Crippen LogP contribution in [0.1, 0.15) is 63.5 Å². The van der Waals surface area contributed by atoms with Gasteiger partial charge in [0.15, 0.2) is 0 Å². The van der Waals surface area contributed by atoms with Crippen LogP contribution in [0, 0.1) is 0 Å². The maximum Gasteiger partial charge on any atom is 0.145 e. The van der Waals surface area contributed by atoms with Crippen LogP contribution in [0.4, 0.5) is 11.6 Å². The van der Waals surface area contributed by atoms with Gasteiger partial charge >= 0.3 is 0 Å². The minimum atomic E-state index is 0.245. The smallest absolute Gasteiger partial charge is 0.145 e. The minimum Gasteiger partial charge on any atom is -0.489 e. The molecule has 6 rings (SSSR count). The largest absolute Gasteiger partial charge is 0.489 e. The highest BCUT2D eigenvalue weighted by atomic mass is 16.5. The molecule has 0 radical (unpaired) electrons. The molecular weight excluding hydrogens is 572 g/mol. The maximum atomic E-state index is 6.34. The van der Waals surface area contributed by atoms with Crippen molar-refractivity contribution in [1.82, 2.24) is 19.8 Å². The van der Waals surface area contributed by atoms with Gasteiger partial charge in [0.25, 0.3) is 0 Å². The summed E-state index contributed by atoms with van der Waals surface area (Å²) in [5.41, 5.74) is 13.1. The van der Waals surface area contributed by atoms with Crippen molar-refractivity contribution in [2.45, 2.75) is 64.6 Å². The molecule has 46 heavy (non-hydrogen) atoms. The summed E-state index contributed by atoms with van der Waals surface area (Å²) in [6.45, 7) is 13.0. The van der Waals surface area contributed by atoms with Crippen LogP contribution in [0.25, 0.3) is 22.5 Å². The molecule has 0 spiro atoms. The second-order valence-corrected chi connectivity index (χ2v) is 13.5. The van der Waals surface area contributed by atoms with E-state index in [1.165, 1.54) is 11.1 Å². The first-order valence-corrected chi connectivity index (χ1v) is 16.7. The zero-order chi connectivity index (χ0) is 32.2. The van der Waals surface area contributed by atoms with E-state index in [2.05, 4.69) is 111 Å². The molecule has 4 heterocycles. The normalized spacial score (nSPS) is 18.8. The highest BCUT2D eigenvalue weighted by Crippen LogP contribution is 2.34. The number of ether oxygens (including phenoxy) is 2. The van der Waals surface area contributed by atoms with Crippen molar-refractivity contribution < 1.29 is 9.47 Å². The summed E-state index contributed by atoms with van der Waals surface area (Å²) in [7, 11) is 4.29. The van der Waals surface area contributed by atoms with Gasteiger partial charge < -0.3 is 19.3 Å². The molecule has 0 bridgehead atoms. The van der Waals surface area contributed by atoms with Crippen LogP contribution < -0.4 is 20.3 Å². The number of benzene rings is 2. The number of nitrogens with zero attached hydrogens (tertiary/aromatic N) is 4. The monoisotopic (exact) mass is 620 g/mol. The Kier molecular flexibility index (Phi) is 9.75. The number of hydrazine groups is 1. The number of rotatable bonds is 11. The fourth-order valence-electron chi connectivity index (χ4n) is 6.45. The standard InChI is InChI=1S/C38H48N6O2/c1-25(2)33-21-27(45-29-17-19-43(5)23-29)13-15-31(33)35-9-7-11-37(39-35)41-42-38-12-8-10-36(40-38)32-16-14-28(22-34(32)26(3)4)46-30-18-20-44(6)24-30/h7-16,21-22,25-26,29-30H,17-20,23-24H2,1-6H3,(H,39,41)(H,40,42). The van der Waals surface area contributed by atoms with Crippen molar-refractivity contribution in [3.05, 3.63) is 83.9 Å². The summed E-state index contributed by atoms with van der Waals surface area (Å²) in [5.74, 6) is 3.95. The van der Waals surface area contributed by atoms with Crippen molar-refractivity contribution in [2.75, 3.05) is 51.1 Å². The van der Waals surface area contributed by atoms with Gasteiger partial charge in [0.05, 0.1) is 11.4 Å². The highest BCUT2D eigenvalue weighted by Gasteiger charge is 2.23. The highest BCUT2D eigenvalue weighted by molar-refractivity contribution is 5.69. The quantitative estimate of drug-likeness (QED) is 0.166. The lowest BCUT2D eigenvalue weighted by molar-refractivity contribution is 0.208. The molecule has 0 amide bonds. The maximum absolute atomic E-state index is 6.34. The summed E-state index contributed by atoms with van der Waals surface area (Å²) in [6.07, 6.45) is 2.62. The topological polar surface area (TPSA) is 74.8 Å². The third-order valence-electron chi connectivity index (χ3n) is 8.96. The summed E-state index contributed by atoms with van der Waals surface area (Å²) < 4.78 is 12.7. The Hall–Kier alpha value is -4.14. The molecule has 2 aliphatic heterocycles. The molecule has 0 saturated carbocycles. The Labute approximate surface area is 274 Å². The lowest BCUT2D eigenvalue weighted by Gasteiger charge is -2.19. The van der Waals surface area contributed by atoms with E-state index >= 15 is 0 Å². The molecule has 2 fully saturated rings. The van der Waals surface area contributed by atoms with Gasteiger partial charge in [-0.25, -0.2) is 9.97 Å². The van der Waals surface area contributed by atoms with E-state index < -0.39 is 0 Å². The van der Waals surface area contributed by atoms with E-state index in [-0.39, 0.29) is 12.2 Å². The minimum absolute atomic E-state index is 0.245. The number of hydrogen-bond donors (Lipinski definition) is 2. The summed E-state index contributed by atoms with van der Waals surface area (Å²) in [6, 6.07) is 24.9. The van der Waals surface area contributed by atoms with Crippen molar-refractivity contribution >= 4 is 11.6 Å². The zero-order valence-corrected chi connectivity index (χ0v) is 28.1. The predicted molar refractivity (Wildman–Crippen MR) is 188 cm³/mol. The average molecular weight is 621 g/mol. The summed E-state index contributed by atoms with van der Waals surface area (Å²) in [5, 5.41) is 0. The predicted octanol–water partition coefficient (Wildman–Crippen LogP) is 7.66. The van der Waals surface area contributed by atoms with Crippen molar-refractivity contribution in [3.8, 4) is 34.0 Å². The van der Waals surface area contributed by atoms with Crippen molar-refractivity contribution in [3.63, 3.8) is 0 Å². The number of aromatic nitrogens is 2. The molecule has 2 unspecified atom stereocenters. The fraction of sp³-hybridized carbons (Fsp3) is 0.421. The van der Waals surface area contributed by atoms with E-state index in [4.69, 9.17) is 19.4 Å².